The minimum atomic E-state index is -0.686. The number of carbonyl (C=O) groups excluding carboxylic acids is 3. The molecule has 1 aromatic heterocycles. The molecule has 2 aromatic carbocycles. The van der Waals surface area contributed by atoms with Crippen molar-refractivity contribution in [3.63, 3.8) is 0 Å². The number of benzene rings is 2. The molecular formula is C22H19Cl2N3O4. The zero-order valence-electron chi connectivity index (χ0n) is 16.8. The van der Waals surface area contributed by atoms with E-state index in [2.05, 4.69) is 10.3 Å². The SMILES string of the molecule is Cc1nc2ccc(Cl)cc2cc1C(=O)OCC(=O)N(C)CC(=O)Nc1ccccc1Cl. The van der Waals surface area contributed by atoms with Gasteiger partial charge in [-0.15, -0.1) is 0 Å². The maximum Gasteiger partial charge on any atom is 0.340 e. The van der Waals surface area contributed by atoms with Crippen molar-refractivity contribution in [2.75, 3.05) is 25.5 Å². The van der Waals surface area contributed by atoms with Crippen molar-refractivity contribution in [1.29, 1.82) is 0 Å². The van der Waals surface area contributed by atoms with Gasteiger partial charge < -0.3 is 15.0 Å². The highest BCUT2D eigenvalue weighted by Crippen LogP contribution is 2.22. The van der Waals surface area contributed by atoms with Crippen molar-refractivity contribution >= 4 is 57.6 Å². The highest BCUT2D eigenvalue weighted by molar-refractivity contribution is 6.33. The molecule has 0 aliphatic rings. The number of anilines is 1. The molecular weight excluding hydrogens is 441 g/mol. The first kappa shape index (κ1) is 22.5. The summed E-state index contributed by atoms with van der Waals surface area (Å²) in [5, 5.41) is 4.22. The lowest BCUT2D eigenvalue weighted by molar-refractivity contribution is -0.136. The zero-order chi connectivity index (χ0) is 22.5. The molecule has 2 amide bonds. The Hall–Kier alpha value is -3.16. The fourth-order valence-electron chi connectivity index (χ4n) is 2.82. The monoisotopic (exact) mass is 459 g/mol. The van der Waals surface area contributed by atoms with E-state index >= 15 is 0 Å². The fraction of sp³-hybridized carbons (Fsp3) is 0.182. The van der Waals surface area contributed by atoms with Gasteiger partial charge in [-0.2, -0.15) is 0 Å². The third-order valence-electron chi connectivity index (χ3n) is 4.47. The summed E-state index contributed by atoms with van der Waals surface area (Å²) in [7, 11) is 1.44. The minimum Gasteiger partial charge on any atom is -0.452 e. The summed E-state index contributed by atoms with van der Waals surface area (Å²) < 4.78 is 5.13. The Kier molecular flexibility index (Phi) is 7.09. The first-order valence-electron chi connectivity index (χ1n) is 9.27. The highest BCUT2D eigenvalue weighted by atomic mass is 35.5. The molecule has 3 rings (SSSR count). The molecule has 3 aromatic rings. The predicted molar refractivity (Wildman–Crippen MR) is 119 cm³/mol. The molecule has 7 nitrogen and oxygen atoms in total. The predicted octanol–water partition coefficient (Wildman–Crippen LogP) is 4.10. The van der Waals surface area contributed by atoms with E-state index in [9.17, 15) is 14.4 Å². The first-order chi connectivity index (χ1) is 14.7. The minimum absolute atomic E-state index is 0.226. The van der Waals surface area contributed by atoms with Gasteiger partial charge >= 0.3 is 5.97 Å². The van der Waals surface area contributed by atoms with Crippen LogP contribution in [0.25, 0.3) is 10.9 Å². The van der Waals surface area contributed by atoms with E-state index in [1.54, 1.807) is 55.5 Å². The van der Waals surface area contributed by atoms with Crippen LogP contribution in [0.1, 0.15) is 16.1 Å². The summed E-state index contributed by atoms with van der Waals surface area (Å²) in [6.45, 7) is 0.941. The number of hydrogen-bond donors (Lipinski definition) is 1. The second kappa shape index (κ2) is 9.76. The largest absolute Gasteiger partial charge is 0.452 e. The molecule has 9 heteroatoms. The lowest BCUT2D eigenvalue weighted by Crippen LogP contribution is -2.37. The maximum absolute atomic E-state index is 12.5. The third kappa shape index (κ3) is 5.71. The van der Waals surface area contributed by atoms with E-state index in [0.29, 0.717) is 32.3 Å². The lowest BCUT2D eigenvalue weighted by atomic mass is 10.1. The van der Waals surface area contributed by atoms with Gasteiger partial charge in [0.1, 0.15) is 0 Å². The Balaban J connectivity index is 1.57. The number of fused-ring (bicyclic) bond motifs is 1. The van der Waals surface area contributed by atoms with Gasteiger partial charge in [-0.25, -0.2) is 4.79 Å². The molecule has 0 fully saturated rings. The molecule has 0 bridgehead atoms. The average molecular weight is 460 g/mol. The van der Waals surface area contributed by atoms with Crippen LogP contribution in [0.2, 0.25) is 10.0 Å². The number of esters is 1. The Morgan fingerprint density at radius 2 is 1.84 bits per heavy atom. The number of ether oxygens (including phenoxy) is 1. The van der Waals surface area contributed by atoms with Crippen molar-refractivity contribution < 1.29 is 19.1 Å². The summed E-state index contributed by atoms with van der Waals surface area (Å²) in [5.74, 6) is -1.65. The molecule has 1 heterocycles. The number of nitrogens with zero attached hydrogens (tertiary/aromatic N) is 2. The molecule has 0 aliphatic heterocycles. The number of rotatable bonds is 6. The van der Waals surface area contributed by atoms with Crippen LogP contribution < -0.4 is 5.32 Å². The number of halogens is 2. The Bertz CT molecular complexity index is 1170. The molecule has 0 spiro atoms. The van der Waals surface area contributed by atoms with Gasteiger partial charge in [0.15, 0.2) is 6.61 Å². The Labute approximate surface area is 188 Å². The zero-order valence-corrected chi connectivity index (χ0v) is 18.3. The summed E-state index contributed by atoms with van der Waals surface area (Å²) in [5.41, 5.74) is 1.85. The van der Waals surface area contributed by atoms with Gasteiger partial charge in [0.05, 0.1) is 34.0 Å². The van der Waals surface area contributed by atoms with Crippen LogP contribution >= 0.6 is 23.2 Å². The van der Waals surface area contributed by atoms with Gasteiger partial charge in [0.25, 0.3) is 5.91 Å². The standard InChI is InChI=1S/C22H19Cl2N3O4/c1-13-16(10-14-9-15(23)7-8-18(14)25-13)22(30)31-12-21(29)27(2)11-20(28)26-19-6-4-3-5-17(19)24/h3-10H,11-12H2,1-2H3,(H,26,28). The van der Waals surface area contributed by atoms with E-state index in [0.717, 1.165) is 4.90 Å². The van der Waals surface area contributed by atoms with Crippen LogP contribution in [0.3, 0.4) is 0 Å². The van der Waals surface area contributed by atoms with Gasteiger partial charge in [0, 0.05) is 17.5 Å². The molecule has 0 radical (unpaired) electrons. The molecule has 0 unspecified atom stereocenters. The van der Waals surface area contributed by atoms with E-state index in [1.807, 2.05) is 0 Å². The van der Waals surface area contributed by atoms with E-state index in [4.69, 9.17) is 27.9 Å². The van der Waals surface area contributed by atoms with Gasteiger partial charge in [-0.1, -0.05) is 35.3 Å². The summed E-state index contributed by atoms with van der Waals surface area (Å²) in [4.78, 5) is 42.4. The highest BCUT2D eigenvalue weighted by Gasteiger charge is 2.18. The van der Waals surface area contributed by atoms with E-state index in [1.165, 1.54) is 7.05 Å². The third-order valence-corrected chi connectivity index (χ3v) is 5.03. The van der Waals surface area contributed by atoms with E-state index < -0.39 is 24.4 Å². The molecule has 0 aliphatic carbocycles. The number of hydrogen-bond acceptors (Lipinski definition) is 5. The smallest absolute Gasteiger partial charge is 0.340 e. The van der Waals surface area contributed by atoms with Crippen LogP contribution in [0.15, 0.2) is 48.5 Å². The van der Waals surface area contributed by atoms with Crippen molar-refractivity contribution in [2.24, 2.45) is 0 Å². The number of amides is 2. The van der Waals surface area contributed by atoms with Crippen molar-refractivity contribution in [3.8, 4) is 0 Å². The van der Waals surface area contributed by atoms with Crippen LogP contribution in [-0.2, 0) is 14.3 Å². The van der Waals surface area contributed by atoms with Gasteiger partial charge in [0.2, 0.25) is 5.91 Å². The quantitative estimate of drug-likeness (QED) is 0.560. The lowest BCUT2D eigenvalue weighted by Gasteiger charge is -2.17. The first-order valence-corrected chi connectivity index (χ1v) is 10.0. The average Bonchev–Trinajstić information content (AvgIpc) is 2.73. The molecule has 160 valence electrons. The second-order valence-corrected chi connectivity index (χ2v) is 7.66. The van der Waals surface area contributed by atoms with E-state index in [-0.39, 0.29) is 12.1 Å². The number of carbonyl (C=O) groups is 3. The topological polar surface area (TPSA) is 88.6 Å². The number of nitrogens with one attached hydrogen (secondary N) is 1. The normalized spacial score (nSPS) is 10.6. The number of para-hydroxylation sites is 1. The van der Waals surface area contributed by atoms with Crippen LogP contribution in [-0.4, -0.2) is 47.9 Å². The van der Waals surface area contributed by atoms with Crippen LogP contribution in [0.4, 0.5) is 5.69 Å². The van der Waals surface area contributed by atoms with Crippen molar-refractivity contribution in [1.82, 2.24) is 9.88 Å². The molecule has 31 heavy (non-hydrogen) atoms. The Morgan fingerprint density at radius 3 is 2.58 bits per heavy atom. The molecule has 0 saturated heterocycles. The number of likely N-dealkylation sites (N-methyl/N-ethyl adjacent to an activating group) is 1. The van der Waals surface area contributed by atoms with Gasteiger partial charge in [-0.3, -0.25) is 14.6 Å². The van der Waals surface area contributed by atoms with Crippen LogP contribution in [0, 0.1) is 6.92 Å². The molecule has 1 N–H and O–H groups in total. The maximum atomic E-state index is 12.5. The number of aromatic nitrogens is 1. The number of aryl methyl sites for hydroxylation is 1. The van der Waals surface area contributed by atoms with Crippen molar-refractivity contribution in [3.05, 3.63) is 69.8 Å². The Morgan fingerprint density at radius 1 is 1.10 bits per heavy atom. The fourth-order valence-corrected chi connectivity index (χ4v) is 3.18. The number of pyridine rings is 1. The summed E-state index contributed by atoms with van der Waals surface area (Å²) >= 11 is 12.0. The summed E-state index contributed by atoms with van der Waals surface area (Å²) in [6, 6.07) is 13.5. The van der Waals surface area contributed by atoms with Crippen LogP contribution in [0.5, 0.6) is 0 Å². The van der Waals surface area contributed by atoms with Crippen molar-refractivity contribution in [2.45, 2.75) is 6.92 Å². The second-order valence-electron chi connectivity index (χ2n) is 6.81. The summed E-state index contributed by atoms with van der Waals surface area (Å²) in [6.07, 6.45) is 0. The van der Waals surface area contributed by atoms with Gasteiger partial charge in [-0.05, 0) is 43.3 Å². The molecule has 0 atom stereocenters. The molecule has 0 saturated carbocycles.